The van der Waals surface area contributed by atoms with Crippen molar-refractivity contribution >= 4 is 45.9 Å². The van der Waals surface area contributed by atoms with Crippen LogP contribution in [0.2, 0.25) is 10.0 Å². The van der Waals surface area contributed by atoms with Crippen molar-refractivity contribution in [3.05, 3.63) is 105 Å². The molecule has 0 spiro atoms. The molecule has 0 saturated carbocycles. The number of halogens is 2. The number of rotatable bonds is 10. The van der Waals surface area contributed by atoms with Crippen LogP contribution in [0, 0.1) is 0 Å². The molecular weight excluding hydrogens is 541 g/mol. The molecule has 4 aromatic rings. The van der Waals surface area contributed by atoms with E-state index in [-0.39, 0.29) is 23.8 Å². The van der Waals surface area contributed by atoms with Crippen LogP contribution >= 0.6 is 23.2 Å². The van der Waals surface area contributed by atoms with Crippen LogP contribution in [0.4, 0.5) is 0 Å². The van der Waals surface area contributed by atoms with Crippen molar-refractivity contribution in [1.29, 1.82) is 0 Å². The van der Waals surface area contributed by atoms with Gasteiger partial charge in [0.2, 0.25) is 5.91 Å². The molecule has 0 bridgehead atoms. The second kappa shape index (κ2) is 12.9. The van der Waals surface area contributed by atoms with Crippen LogP contribution in [0.1, 0.15) is 61.2 Å². The maximum atomic E-state index is 13.8. The van der Waals surface area contributed by atoms with Gasteiger partial charge in [0, 0.05) is 42.3 Å². The highest BCUT2D eigenvalue weighted by molar-refractivity contribution is 6.42. The number of hydrogen-bond donors (Lipinski definition) is 1. The molecule has 0 fully saturated rings. The minimum absolute atomic E-state index is 0.0130. The number of fused-ring (bicyclic) bond motifs is 1. The summed E-state index contributed by atoms with van der Waals surface area (Å²) >= 11 is 12.2. The van der Waals surface area contributed by atoms with E-state index in [2.05, 4.69) is 62.2 Å². The zero-order chi connectivity index (χ0) is 28.9. The van der Waals surface area contributed by atoms with Gasteiger partial charge < -0.3 is 14.8 Å². The summed E-state index contributed by atoms with van der Waals surface area (Å²) in [5, 5.41) is 1.86. The summed E-state index contributed by atoms with van der Waals surface area (Å²) in [7, 11) is 0. The van der Waals surface area contributed by atoms with Crippen molar-refractivity contribution in [1.82, 2.24) is 14.8 Å². The fourth-order valence-electron chi connectivity index (χ4n) is 4.81. The molecule has 0 saturated heterocycles. The van der Waals surface area contributed by atoms with E-state index in [9.17, 15) is 9.59 Å². The van der Waals surface area contributed by atoms with E-state index in [0.29, 0.717) is 41.7 Å². The molecule has 40 heavy (non-hydrogen) atoms. The lowest BCUT2D eigenvalue weighted by Gasteiger charge is -2.28. The number of nitrogens with zero attached hydrogens (tertiary/aromatic N) is 2. The first-order chi connectivity index (χ1) is 19.1. The van der Waals surface area contributed by atoms with Gasteiger partial charge in [-0.05, 0) is 59.2 Å². The third kappa shape index (κ3) is 7.26. The lowest BCUT2D eigenvalue weighted by atomic mass is 9.87. The molecule has 0 aliphatic heterocycles. The van der Waals surface area contributed by atoms with E-state index in [1.54, 1.807) is 23.1 Å². The number of carbonyl (C=O) groups excluding carboxylic acids is 2. The maximum Gasteiger partial charge on any atom is 0.254 e. The molecule has 7 heteroatoms. The molecule has 2 amide bonds. The highest BCUT2D eigenvalue weighted by Crippen LogP contribution is 2.25. The molecule has 0 unspecified atom stereocenters. The van der Waals surface area contributed by atoms with E-state index < -0.39 is 0 Å². The Balaban J connectivity index is 1.56. The Morgan fingerprint density at radius 1 is 0.875 bits per heavy atom. The summed E-state index contributed by atoms with van der Waals surface area (Å²) in [6.07, 6.45) is 3.44. The van der Waals surface area contributed by atoms with E-state index in [4.69, 9.17) is 23.2 Å². The third-order valence-corrected chi connectivity index (χ3v) is 7.88. The standard InChI is InChI=1S/C33H37Cl2N3O2/c1-5-17-38(32(40)24-12-15-28(34)29(35)19-24)22-31(39)37(21-23-10-13-26(14-11-23)33(2,3)4)18-16-25-20-36-30-9-7-6-8-27(25)30/h6-15,19-20,36H,5,16-18,21-22H2,1-4H3. The number of hydrogen-bond acceptors (Lipinski definition) is 2. The van der Waals surface area contributed by atoms with E-state index >= 15 is 0 Å². The molecule has 5 nitrogen and oxygen atoms in total. The fraction of sp³-hybridized carbons (Fsp3) is 0.333. The van der Waals surface area contributed by atoms with Gasteiger partial charge in [-0.1, -0.05) is 93.4 Å². The maximum absolute atomic E-state index is 13.8. The number of benzene rings is 3. The van der Waals surface area contributed by atoms with Crippen molar-refractivity contribution < 1.29 is 9.59 Å². The Morgan fingerprint density at radius 3 is 2.27 bits per heavy atom. The van der Waals surface area contributed by atoms with Crippen LogP contribution in [0.3, 0.4) is 0 Å². The van der Waals surface area contributed by atoms with Gasteiger partial charge >= 0.3 is 0 Å². The Bertz CT molecular complexity index is 1470. The topological polar surface area (TPSA) is 56.4 Å². The number of nitrogens with one attached hydrogen (secondary N) is 1. The smallest absolute Gasteiger partial charge is 0.254 e. The number of H-pyrrole nitrogens is 1. The summed E-state index contributed by atoms with van der Waals surface area (Å²) < 4.78 is 0. The molecule has 3 aromatic carbocycles. The zero-order valence-electron chi connectivity index (χ0n) is 23.6. The van der Waals surface area contributed by atoms with Gasteiger partial charge in [0.05, 0.1) is 10.0 Å². The Hall–Kier alpha value is -3.28. The van der Waals surface area contributed by atoms with Gasteiger partial charge in [-0.2, -0.15) is 0 Å². The van der Waals surface area contributed by atoms with Gasteiger partial charge in [-0.25, -0.2) is 0 Å². The molecule has 1 aromatic heterocycles. The molecular formula is C33H37Cl2N3O2. The molecule has 1 N–H and O–H groups in total. The highest BCUT2D eigenvalue weighted by atomic mass is 35.5. The Morgan fingerprint density at radius 2 is 1.60 bits per heavy atom. The molecule has 210 valence electrons. The second-order valence-electron chi connectivity index (χ2n) is 11.2. The first kappa shape index (κ1) is 29.7. The van der Waals surface area contributed by atoms with Gasteiger partial charge in [-0.15, -0.1) is 0 Å². The monoisotopic (exact) mass is 577 g/mol. The SMILES string of the molecule is CCCN(CC(=O)N(CCc1c[nH]c2ccccc12)Cc1ccc(C(C)(C)C)cc1)C(=O)c1ccc(Cl)c(Cl)c1. The van der Waals surface area contributed by atoms with Crippen LogP contribution in [-0.4, -0.2) is 46.2 Å². The summed E-state index contributed by atoms with van der Waals surface area (Å²) in [5.74, 6) is -0.332. The largest absolute Gasteiger partial charge is 0.361 e. The molecule has 4 rings (SSSR count). The average Bonchev–Trinajstić information content (AvgIpc) is 3.34. The zero-order valence-corrected chi connectivity index (χ0v) is 25.1. The summed E-state index contributed by atoms with van der Waals surface area (Å²) in [6.45, 7) is 9.99. The number of aromatic nitrogens is 1. The summed E-state index contributed by atoms with van der Waals surface area (Å²) in [6, 6.07) is 21.5. The molecule has 0 atom stereocenters. The molecule has 0 radical (unpaired) electrons. The first-order valence-corrected chi connectivity index (χ1v) is 14.5. The predicted molar refractivity (Wildman–Crippen MR) is 165 cm³/mol. The minimum Gasteiger partial charge on any atom is -0.361 e. The van der Waals surface area contributed by atoms with E-state index in [0.717, 1.165) is 28.5 Å². The minimum atomic E-state index is -0.236. The lowest BCUT2D eigenvalue weighted by molar-refractivity contribution is -0.132. The Labute approximate surface area is 247 Å². The van der Waals surface area contributed by atoms with Crippen molar-refractivity contribution in [2.45, 2.75) is 52.5 Å². The van der Waals surface area contributed by atoms with Crippen molar-refractivity contribution in [3.63, 3.8) is 0 Å². The van der Waals surface area contributed by atoms with Gasteiger partial charge in [0.1, 0.15) is 6.54 Å². The van der Waals surface area contributed by atoms with Crippen LogP contribution in [0.5, 0.6) is 0 Å². The van der Waals surface area contributed by atoms with Crippen LogP contribution < -0.4 is 0 Å². The van der Waals surface area contributed by atoms with Crippen molar-refractivity contribution in [2.24, 2.45) is 0 Å². The number of aromatic amines is 1. The Kier molecular flexibility index (Phi) is 9.60. The number of para-hydroxylation sites is 1. The molecule has 1 heterocycles. The van der Waals surface area contributed by atoms with Crippen LogP contribution in [0.25, 0.3) is 10.9 Å². The van der Waals surface area contributed by atoms with Crippen LogP contribution in [-0.2, 0) is 23.2 Å². The van der Waals surface area contributed by atoms with Gasteiger partial charge in [-0.3, -0.25) is 9.59 Å². The van der Waals surface area contributed by atoms with Crippen LogP contribution in [0.15, 0.2) is 72.9 Å². The normalized spacial score (nSPS) is 11.6. The number of amides is 2. The summed E-state index contributed by atoms with van der Waals surface area (Å²) in [4.78, 5) is 34.0. The van der Waals surface area contributed by atoms with E-state index in [1.165, 1.54) is 5.56 Å². The number of carbonyl (C=O) groups is 2. The van der Waals surface area contributed by atoms with Gasteiger partial charge in [0.25, 0.3) is 5.91 Å². The van der Waals surface area contributed by atoms with Crippen molar-refractivity contribution in [2.75, 3.05) is 19.6 Å². The quantitative estimate of drug-likeness (QED) is 0.208. The van der Waals surface area contributed by atoms with Crippen molar-refractivity contribution in [3.8, 4) is 0 Å². The second-order valence-corrected chi connectivity index (χ2v) is 12.0. The molecule has 0 aliphatic carbocycles. The first-order valence-electron chi connectivity index (χ1n) is 13.7. The van der Waals surface area contributed by atoms with Gasteiger partial charge in [0.15, 0.2) is 0 Å². The average molecular weight is 579 g/mol. The molecule has 0 aliphatic rings. The summed E-state index contributed by atoms with van der Waals surface area (Å²) in [5.41, 5.74) is 5.00. The highest BCUT2D eigenvalue weighted by Gasteiger charge is 2.23. The predicted octanol–water partition coefficient (Wildman–Crippen LogP) is 7.90. The van der Waals surface area contributed by atoms with E-state index in [1.807, 2.05) is 30.2 Å². The third-order valence-electron chi connectivity index (χ3n) is 7.15. The fourth-order valence-corrected chi connectivity index (χ4v) is 5.11. The lowest BCUT2D eigenvalue weighted by Crippen LogP contribution is -2.43.